The van der Waals surface area contributed by atoms with Crippen molar-refractivity contribution in [3.8, 4) is 0 Å². The number of amides is 3. The second-order valence-electron chi connectivity index (χ2n) is 7.75. The van der Waals surface area contributed by atoms with Crippen LogP contribution in [0.3, 0.4) is 0 Å². The topological polar surface area (TPSA) is 91.8 Å². The van der Waals surface area contributed by atoms with E-state index in [4.69, 9.17) is 4.74 Å². The van der Waals surface area contributed by atoms with Gasteiger partial charge in [-0.15, -0.1) is 0 Å². The van der Waals surface area contributed by atoms with Crippen LogP contribution in [0.25, 0.3) is 0 Å². The first-order valence-corrected chi connectivity index (χ1v) is 10.6. The lowest BCUT2D eigenvalue weighted by atomic mass is 10.1. The zero-order valence-corrected chi connectivity index (χ0v) is 17.6. The molecule has 2 aromatic rings. The highest BCUT2D eigenvalue weighted by Gasteiger charge is 2.35. The zero-order valence-electron chi connectivity index (χ0n) is 17.6. The molecule has 2 aliphatic rings. The van der Waals surface area contributed by atoms with E-state index >= 15 is 0 Å². The van der Waals surface area contributed by atoms with E-state index in [0.717, 1.165) is 31.7 Å². The standard InChI is InChI=1S/C23H26N4O4/c1-31-14-6-13-27-22(29)17-9-8-16(15-18(17)23(27)30)21(28)25-19-7-5-10-24-20(19)26-11-3-2-4-12-26/h5,7-10,15H,2-4,6,11-14H2,1H3,(H,25,28). The minimum Gasteiger partial charge on any atom is -0.385 e. The normalized spacial score (nSPS) is 15.9. The number of benzene rings is 1. The van der Waals surface area contributed by atoms with E-state index in [0.29, 0.717) is 29.8 Å². The van der Waals surface area contributed by atoms with Gasteiger partial charge in [0.25, 0.3) is 17.7 Å². The van der Waals surface area contributed by atoms with Gasteiger partial charge in [-0.05, 0) is 56.0 Å². The van der Waals surface area contributed by atoms with E-state index < -0.39 is 0 Å². The first-order chi connectivity index (χ1) is 15.1. The number of hydrogen-bond donors (Lipinski definition) is 1. The van der Waals surface area contributed by atoms with Crippen molar-refractivity contribution < 1.29 is 19.1 Å². The summed E-state index contributed by atoms with van der Waals surface area (Å²) in [6.45, 7) is 2.57. The first-order valence-electron chi connectivity index (χ1n) is 10.6. The number of hydrogen-bond acceptors (Lipinski definition) is 6. The van der Waals surface area contributed by atoms with Crippen LogP contribution in [0, 0.1) is 0 Å². The average molecular weight is 422 g/mol. The maximum atomic E-state index is 12.9. The van der Waals surface area contributed by atoms with E-state index in [1.807, 2.05) is 6.07 Å². The van der Waals surface area contributed by atoms with Crippen LogP contribution in [0.1, 0.15) is 56.8 Å². The number of aromatic nitrogens is 1. The van der Waals surface area contributed by atoms with E-state index in [9.17, 15) is 14.4 Å². The Labute approximate surface area is 181 Å². The Morgan fingerprint density at radius 1 is 1.10 bits per heavy atom. The fourth-order valence-electron chi connectivity index (χ4n) is 4.05. The Bertz CT molecular complexity index is 1000. The van der Waals surface area contributed by atoms with Crippen LogP contribution in [-0.2, 0) is 4.74 Å². The van der Waals surface area contributed by atoms with Gasteiger partial charge in [0.2, 0.25) is 0 Å². The summed E-state index contributed by atoms with van der Waals surface area (Å²) in [6.07, 6.45) is 5.69. The van der Waals surface area contributed by atoms with Crippen molar-refractivity contribution in [3.63, 3.8) is 0 Å². The van der Waals surface area contributed by atoms with E-state index in [-0.39, 0.29) is 29.8 Å². The lowest BCUT2D eigenvalue weighted by molar-refractivity contribution is 0.0638. The zero-order chi connectivity index (χ0) is 21.8. The van der Waals surface area contributed by atoms with Gasteiger partial charge < -0.3 is 15.0 Å². The largest absolute Gasteiger partial charge is 0.385 e. The van der Waals surface area contributed by atoms with Crippen LogP contribution >= 0.6 is 0 Å². The molecular weight excluding hydrogens is 396 g/mol. The van der Waals surface area contributed by atoms with Crippen LogP contribution in [0.5, 0.6) is 0 Å². The Morgan fingerprint density at radius 3 is 2.65 bits per heavy atom. The smallest absolute Gasteiger partial charge is 0.261 e. The molecule has 1 fully saturated rings. The van der Waals surface area contributed by atoms with Gasteiger partial charge in [0.05, 0.1) is 16.8 Å². The number of methoxy groups -OCH3 is 1. The summed E-state index contributed by atoms with van der Waals surface area (Å²) in [7, 11) is 1.58. The first kappa shape index (κ1) is 21.0. The van der Waals surface area contributed by atoms with Crippen molar-refractivity contribution in [1.29, 1.82) is 0 Å². The second-order valence-corrected chi connectivity index (χ2v) is 7.75. The Kier molecular flexibility index (Phi) is 6.27. The van der Waals surface area contributed by atoms with Gasteiger partial charge in [-0.1, -0.05) is 0 Å². The fraction of sp³-hybridized carbons (Fsp3) is 0.391. The number of imide groups is 1. The van der Waals surface area contributed by atoms with Crippen LogP contribution in [-0.4, -0.2) is 61.0 Å². The summed E-state index contributed by atoms with van der Waals surface area (Å²) in [5.74, 6) is -0.289. The summed E-state index contributed by atoms with van der Waals surface area (Å²) in [4.78, 5) is 46.1. The SMILES string of the molecule is COCCCN1C(=O)c2ccc(C(=O)Nc3cccnc3N3CCCCC3)cc2C1=O. The lowest BCUT2D eigenvalue weighted by Crippen LogP contribution is -2.31. The molecule has 162 valence electrons. The summed E-state index contributed by atoms with van der Waals surface area (Å²) in [5, 5.41) is 2.92. The number of rotatable bonds is 7. The number of pyridine rings is 1. The van der Waals surface area contributed by atoms with Crippen LogP contribution in [0.2, 0.25) is 0 Å². The van der Waals surface area contributed by atoms with Gasteiger partial charge in [0.15, 0.2) is 5.82 Å². The fourth-order valence-corrected chi connectivity index (χ4v) is 4.05. The quantitative estimate of drug-likeness (QED) is 0.545. The van der Waals surface area contributed by atoms with Gasteiger partial charge in [0.1, 0.15) is 0 Å². The minimum absolute atomic E-state index is 0.262. The van der Waals surface area contributed by atoms with Gasteiger partial charge in [-0.3, -0.25) is 19.3 Å². The Morgan fingerprint density at radius 2 is 1.87 bits per heavy atom. The van der Waals surface area contributed by atoms with Crippen molar-refractivity contribution in [2.75, 3.05) is 43.6 Å². The number of fused-ring (bicyclic) bond motifs is 1. The highest BCUT2D eigenvalue weighted by Crippen LogP contribution is 2.28. The minimum atomic E-state index is -0.374. The number of piperidine rings is 1. The van der Waals surface area contributed by atoms with Crippen LogP contribution < -0.4 is 10.2 Å². The monoisotopic (exact) mass is 422 g/mol. The number of ether oxygens (including phenoxy) is 1. The number of carbonyl (C=O) groups excluding carboxylic acids is 3. The van der Waals surface area contributed by atoms with Crippen molar-refractivity contribution in [2.45, 2.75) is 25.7 Å². The molecule has 0 atom stereocenters. The summed E-state index contributed by atoms with van der Waals surface area (Å²) in [5.41, 5.74) is 1.55. The third-order valence-corrected chi connectivity index (χ3v) is 5.65. The average Bonchev–Trinajstić information content (AvgIpc) is 3.04. The molecule has 31 heavy (non-hydrogen) atoms. The molecule has 0 bridgehead atoms. The van der Waals surface area contributed by atoms with E-state index in [2.05, 4.69) is 15.2 Å². The maximum absolute atomic E-state index is 12.9. The van der Waals surface area contributed by atoms with Crippen molar-refractivity contribution >= 4 is 29.2 Å². The van der Waals surface area contributed by atoms with Crippen LogP contribution in [0.15, 0.2) is 36.5 Å². The predicted octanol–water partition coefficient (Wildman–Crippen LogP) is 2.96. The third-order valence-electron chi connectivity index (χ3n) is 5.65. The molecule has 0 spiro atoms. The summed E-state index contributed by atoms with van der Waals surface area (Å²) < 4.78 is 5.00. The van der Waals surface area contributed by atoms with Gasteiger partial charge in [-0.25, -0.2) is 4.98 Å². The highest BCUT2D eigenvalue weighted by atomic mass is 16.5. The molecular formula is C23H26N4O4. The van der Waals surface area contributed by atoms with Crippen molar-refractivity contribution in [1.82, 2.24) is 9.88 Å². The Balaban J connectivity index is 1.52. The van der Waals surface area contributed by atoms with Crippen molar-refractivity contribution in [3.05, 3.63) is 53.2 Å². The van der Waals surface area contributed by atoms with Crippen molar-refractivity contribution in [2.24, 2.45) is 0 Å². The van der Waals surface area contributed by atoms with Crippen LogP contribution in [0.4, 0.5) is 11.5 Å². The lowest BCUT2D eigenvalue weighted by Gasteiger charge is -2.29. The van der Waals surface area contributed by atoms with E-state index in [1.165, 1.54) is 17.4 Å². The Hall–Kier alpha value is -3.26. The molecule has 3 amide bonds. The summed E-state index contributed by atoms with van der Waals surface area (Å²) >= 11 is 0. The molecule has 8 heteroatoms. The molecule has 3 heterocycles. The molecule has 0 unspecified atom stereocenters. The van der Waals surface area contributed by atoms with Gasteiger partial charge in [-0.2, -0.15) is 0 Å². The molecule has 1 aromatic carbocycles. The molecule has 0 aliphatic carbocycles. The molecule has 0 radical (unpaired) electrons. The molecule has 0 saturated carbocycles. The highest BCUT2D eigenvalue weighted by molar-refractivity contribution is 6.22. The maximum Gasteiger partial charge on any atom is 0.261 e. The summed E-state index contributed by atoms with van der Waals surface area (Å²) in [6, 6.07) is 8.24. The molecule has 2 aliphatic heterocycles. The number of nitrogens with zero attached hydrogens (tertiary/aromatic N) is 3. The third kappa shape index (κ3) is 4.29. The molecule has 1 aromatic heterocycles. The van der Waals surface area contributed by atoms with Gasteiger partial charge >= 0.3 is 0 Å². The molecule has 1 N–H and O–H groups in total. The number of nitrogens with one attached hydrogen (secondary N) is 1. The van der Waals surface area contributed by atoms with E-state index in [1.54, 1.807) is 31.5 Å². The molecule has 1 saturated heterocycles. The molecule has 4 rings (SSSR count). The van der Waals surface area contributed by atoms with Gasteiger partial charge in [0, 0.05) is 45.1 Å². The molecule has 8 nitrogen and oxygen atoms in total. The number of anilines is 2. The second kappa shape index (κ2) is 9.26. The number of carbonyl (C=O) groups is 3. The predicted molar refractivity (Wildman–Crippen MR) is 117 cm³/mol.